The van der Waals surface area contributed by atoms with Gasteiger partial charge >= 0.3 is 12.0 Å². The van der Waals surface area contributed by atoms with Gasteiger partial charge in [-0.3, -0.25) is 4.98 Å². The molecule has 0 atom stereocenters. The van der Waals surface area contributed by atoms with Gasteiger partial charge in [-0.05, 0) is 37.0 Å². The zero-order valence-electron chi connectivity index (χ0n) is 11.3. The molecule has 6 heteroatoms. The molecule has 20 heavy (non-hydrogen) atoms. The minimum atomic E-state index is -1.08. The Morgan fingerprint density at radius 1 is 1.25 bits per heavy atom. The van der Waals surface area contributed by atoms with Crippen molar-refractivity contribution >= 4 is 12.0 Å². The summed E-state index contributed by atoms with van der Waals surface area (Å²) in [6.07, 6.45) is 6.77. The normalized spacial score (nSPS) is 16.6. The fraction of sp³-hybridized carbons (Fsp3) is 0.500. The van der Waals surface area contributed by atoms with Crippen molar-refractivity contribution in [3.8, 4) is 0 Å². The molecule has 0 saturated heterocycles. The largest absolute Gasteiger partial charge is 0.480 e. The minimum Gasteiger partial charge on any atom is -0.480 e. The second kappa shape index (κ2) is 6.36. The molecule has 0 unspecified atom stereocenters. The first-order valence-corrected chi connectivity index (χ1v) is 6.81. The minimum absolute atomic E-state index is 0.414. The summed E-state index contributed by atoms with van der Waals surface area (Å²) in [5.41, 5.74) is -0.00471. The standard InChI is InChI=1S/C14H19N3O3/c18-12(19)14(6-1-2-7-14)17-13(20)16-10-5-11-3-8-15-9-4-11/h3-4,8-9H,1-2,5-7,10H2,(H,18,19)(H2,16,17,20). The monoisotopic (exact) mass is 277 g/mol. The molecule has 1 aliphatic carbocycles. The third-order valence-corrected chi connectivity index (χ3v) is 3.67. The van der Waals surface area contributed by atoms with Crippen molar-refractivity contribution in [3.05, 3.63) is 30.1 Å². The van der Waals surface area contributed by atoms with E-state index in [1.54, 1.807) is 12.4 Å². The number of nitrogens with zero attached hydrogens (tertiary/aromatic N) is 1. The summed E-state index contributed by atoms with van der Waals surface area (Å²) in [7, 11) is 0. The fourth-order valence-corrected chi connectivity index (χ4v) is 2.50. The van der Waals surface area contributed by atoms with Gasteiger partial charge in [0.15, 0.2) is 0 Å². The van der Waals surface area contributed by atoms with Gasteiger partial charge in [-0.25, -0.2) is 9.59 Å². The Hall–Kier alpha value is -2.11. The zero-order valence-corrected chi connectivity index (χ0v) is 11.3. The summed E-state index contributed by atoms with van der Waals surface area (Å²) >= 11 is 0. The first-order chi connectivity index (χ1) is 9.62. The molecule has 1 saturated carbocycles. The second-order valence-electron chi connectivity index (χ2n) is 5.08. The van der Waals surface area contributed by atoms with E-state index < -0.39 is 17.5 Å². The molecule has 1 aliphatic rings. The molecule has 2 amide bonds. The molecule has 0 spiro atoms. The average Bonchev–Trinajstić information content (AvgIpc) is 2.90. The Balaban J connectivity index is 1.79. The van der Waals surface area contributed by atoms with E-state index in [0.29, 0.717) is 25.8 Å². The van der Waals surface area contributed by atoms with Gasteiger partial charge in [0.2, 0.25) is 0 Å². The maximum absolute atomic E-state index is 11.8. The number of pyridine rings is 1. The van der Waals surface area contributed by atoms with E-state index >= 15 is 0 Å². The highest BCUT2D eigenvalue weighted by atomic mass is 16.4. The second-order valence-corrected chi connectivity index (χ2v) is 5.08. The molecular weight excluding hydrogens is 258 g/mol. The van der Waals surface area contributed by atoms with Crippen LogP contribution in [0.1, 0.15) is 31.2 Å². The molecule has 2 rings (SSSR count). The number of aromatic nitrogens is 1. The zero-order chi connectivity index (χ0) is 14.4. The smallest absolute Gasteiger partial charge is 0.329 e. The molecule has 6 nitrogen and oxygen atoms in total. The lowest BCUT2D eigenvalue weighted by atomic mass is 9.98. The molecule has 108 valence electrons. The lowest BCUT2D eigenvalue weighted by Gasteiger charge is -2.25. The number of urea groups is 1. The summed E-state index contributed by atoms with van der Waals surface area (Å²) in [6, 6.07) is 3.35. The van der Waals surface area contributed by atoms with Gasteiger partial charge in [0.05, 0.1) is 0 Å². The van der Waals surface area contributed by atoms with Gasteiger partial charge in [0, 0.05) is 18.9 Å². The topological polar surface area (TPSA) is 91.3 Å². The van der Waals surface area contributed by atoms with Crippen LogP contribution in [0, 0.1) is 0 Å². The van der Waals surface area contributed by atoms with Crippen molar-refractivity contribution < 1.29 is 14.7 Å². The van der Waals surface area contributed by atoms with Crippen molar-refractivity contribution in [2.75, 3.05) is 6.54 Å². The lowest BCUT2D eigenvalue weighted by molar-refractivity contribution is -0.144. The van der Waals surface area contributed by atoms with Crippen LogP contribution in [-0.4, -0.2) is 34.2 Å². The molecule has 0 aromatic carbocycles. The molecule has 1 aromatic heterocycles. The number of hydrogen-bond acceptors (Lipinski definition) is 3. The molecule has 0 radical (unpaired) electrons. The number of carboxylic acids is 1. The molecule has 0 bridgehead atoms. The number of nitrogens with one attached hydrogen (secondary N) is 2. The molecular formula is C14H19N3O3. The summed E-state index contributed by atoms with van der Waals surface area (Å²) in [5.74, 6) is -0.945. The maximum Gasteiger partial charge on any atom is 0.329 e. The van der Waals surface area contributed by atoms with E-state index in [2.05, 4.69) is 15.6 Å². The van der Waals surface area contributed by atoms with Gasteiger partial charge in [-0.2, -0.15) is 0 Å². The van der Waals surface area contributed by atoms with Crippen molar-refractivity contribution in [1.29, 1.82) is 0 Å². The predicted molar refractivity (Wildman–Crippen MR) is 73.3 cm³/mol. The van der Waals surface area contributed by atoms with Crippen molar-refractivity contribution in [3.63, 3.8) is 0 Å². The van der Waals surface area contributed by atoms with Crippen LogP contribution in [0.15, 0.2) is 24.5 Å². The Kier molecular flexibility index (Phi) is 4.55. The molecule has 1 heterocycles. The van der Waals surface area contributed by atoms with E-state index in [1.165, 1.54) is 0 Å². The van der Waals surface area contributed by atoms with Crippen LogP contribution >= 0.6 is 0 Å². The fourth-order valence-electron chi connectivity index (χ4n) is 2.50. The van der Waals surface area contributed by atoms with Gasteiger partial charge in [0.25, 0.3) is 0 Å². The number of hydrogen-bond donors (Lipinski definition) is 3. The van der Waals surface area contributed by atoms with Crippen LogP contribution in [0.2, 0.25) is 0 Å². The number of carboxylic acid groups (broad SMARTS) is 1. The van der Waals surface area contributed by atoms with Gasteiger partial charge in [-0.15, -0.1) is 0 Å². The van der Waals surface area contributed by atoms with Gasteiger partial charge in [0.1, 0.15) is 5.54 Å². The summed E-state index contributed by atoms with van der Waals surface area (Å²) in [4.78, 5) is 27.0. The number of carbonyl (C=O) groups is 2. The van der Waals surface area contributed by atoms with Gasteiger partial charge < -0.3 is 15.7 Å². The van der Waals surface area contributed by atoms with Crippen LogP contribution in [0.5, 0.6) is 0 Å². The van der Waals surface area contributed by atoms with Crippen LogP contribution in [0.3, 0.4) is 0 Å². The molecule has 1 fully saturated rings. The van der Waals surface area contributed by atoms with E-state index in [1.807, 2.05) is 12.1 Å². The Bertz CT molecular complexity index is 470. The van der Waals surface area contributed by atoms with Gasteiger partial charge in [-0.1, -0.05) is 12.8 Å². The third-order valence-electron chi connectivity index (χ3n) is 3.67. The number of aliphatic carboxylic acids is 1. The van der Waals surface area contributed by atoms with E-state index in [-0.39, 0.29) is 0 Å². The van der Waals surface area contributed by atoms with Crippen molar-refractivity contribution in [2.24, 2.45) is 0 Å². The average molecular weight is 277 g/mol. The molecule has 3 N–H and O–H groups in total. The van der Waals surface area contributed by atoms with Crippen LogP contribution in [-0.2, 0) is 11.2 Å². The number of rotatable bonds is 5. The maximum atomic E-state index is 11.8. The lowest BCUT2D eigenvalue weighted by Crippen LogP contribution is -2.55. The van der Waals surface area contributed by atoms with Crippen molar-refractivity contribution in [2.45, 2.75) is 37.6 Å². The third kappa shape index (κ3) is 3.46. The van der Waals surface area contributed by atoms with Crippen molar-refractivity contribution in [1.82, 2.24) is 15.6 Å². The SMILES string of the molecule is O=C(NCCc1ccncc1)NC1(C(=O)O)CCCC1. The highest BCUT2D eigenvalue weighted by Crippen LogP contribution is 2.29. The Labute approximate surface area is 117 Å². The van der Waals surface area contributed by atoms with E-state index in [9.17, 15) is 14.7 Å². The summed E-state index contributed by atoms with van der Waals surface area (Å²) in [6.45, 7) is 0.464. The molecule has 1 aromatic rings. The first kappa shape index (κ1) is 14.3. The predicted octanol–water partition coefficient (Wildman–Crippen LogP) is 1.32. The summed E-state index contributed by atoms with van der Waals surface area (Å²) in [5, 5.41) is 14.6. The van der Waals surface area contributed by atoms with E-state index in [0.717, 1.165) is 18.4 Å². The van der Waals surface area contributed by atoms with E-state index in [4.69, 9.17) is 0 Å². The quantitative estimate of drug-likeness (QED) is 0.757. The first-order valence-electron chi connectivity index (χ1n) is 6.81. The highest BCUT2D eigenvalue weighted by molar-refractivity contribution is 5.86. The summed E-state index contributed by atoms with van der Waals surface area (Å²) < 4.78 is 0. The Morgan fingerprint density at radius 3 is 2.50 bits per heavy atom. The number of amides is 2. The number of carbonyl (C=O) groups excluding carboxylic acids is 1. The Morgan fingerprint density at radius 2 is 1.90 bits per heavy atom. The van der Waals surface area contributed by atoms with Crippen LogP contribution < -0.4 is 10.6 Å². The molecule has 0 aliphatic heterocycles. The van der Waals surface area contributed by atoms with Crippen LogP contribution in [0.25, 0.3) is 0 Å². The highest BCUT2D eigenvalue weighted by Gasteiger charge is 2.42. The van der Waals surface area contributed by atoms with Crippen LogP contribution in [0.4, 0.5) is 4.79 Å².